The summed E-state index contributed by atoms with van der Waals surface area (Å²) in [7, 11) is 1.52. The molecule has 0 radical (unpaired) electrons. The third kappa shape index (κ3) is 3.40. The molecule has 0 spiro atoms. The molecule has 0 atom stereocenters. The van der Waals surface area contributed by atoms with Crippen molar-refractivity contribution in [2.24, 2.45) is 0 Å². The Bertz CT molecular complexity index is 313. The van der Waals surface area contributed by atoms with Gasteiger partial charge in [-0.05, 0) is 6.07 Å². The molecule has 1 heterocycles. The lowest BCUT2D eigenvalue weighted by atomic mass is 10.4. The van der Waals surface area contributed by atoms with Gasteiger partial charge in [-0.2, -0.15) is 0 Å². The number of aliphatic carboxylic acids is 1. The molecule has 0 amide bonds. The average molecular weight is 197 g/mol. The van der Waals surface area contributed by atoms with Crippen LogP contribution in [0.3, 0.4) is 0 Å². The fraction of sp³-hybridized carbons (Fsp3) is 0.333. The van der Waals surface area contributed by atoms with E-state index in [4.69, 9.17) is 14.6 Å². The van der Waals surface area contributed by atoms with Crippen LogP contribution in [0.1, 0.15) is 5.69 Å². The van der Waals surface area contributed by atoms with Crippen molar-refractivity contribution in [1.82, 2.24) is 4.98 Å². The van der Waals surface area contributed by atoms with Crippen molar-refractivity contribution in [2.45, 2.75) is 6.61 Å². The van der Waals surface area contributed by atoms with Crippen LogP contribution in [0.25, 0.3) is 0 Å². The first-order valence-electron chi connectivity index (χ1n) is 4.02. The highest BCUT2D eigenvalue weighted by molar-refractivity contribution is 5.67. The van der Waals surface area contributed by atoms with E-state index in [1.54, 1.807) is 18.2 Å². The maximum Gasteiger partial charge on any atom is 0.329 e. The van der Waals surface area contributed by atoms with Crippen LogP contribution in [0.5, 0.6) is 5.88 Å². The number of carboxylic acid groups (broad SMARTS) is 1. The van der Waals surface area contributed by atoms with Gasteiger partial charge >= 0.3 is 5.97 Å². The number of carboxylic acids is 1. The van der Waals surface area contributed by atoms with E-state index >= 15 is 0 Å². The Morgan fingerprint density at radius 3 is 3.00 bits per heavy atom. The smallest absolute Gasteiger partial charge is 0.329 e. The summed E-state index contributed by atoms with van der Waals surface area (Å²) in [6.45, 7) is -0.150. The van der Waals surface area contributed by atoms with Crippen LogP contribution in [-0.2, 0) is 16.1 Å². The largest absolute Gasteiger partial charge is 0.481 e. The molecule has 0 aliphatic rings. The molecule has 5 heteroatoms. The molecule has 0 aromatic carbocycles. The standard InChI is InChI=1S/C9H11NO4/c1-13-8-4-2-3-7(10-8)5-14-6-9(11)12/h2-4H,5-6H2,1H3,(H,11,12). The van der Waals surface area contributed by atoms with Crippen molar-refractivity contribution in [1.29, 1.82) is 0 Å². The summed E-state index contributed by atoms with van der Waals surface area (Å²) in [6, 6.07) is 5.22. The Labute approximate surface area is 81.3 Å². The zero-order chi connectivity index (χ0) is 10.4. The number of ether oxygens (including phenoxy) is 2. The number of hydrogen-bond donors (Lipinski definition) is 1. The predicted octanol–water partition coefficient (Wildman–Crippen LogP) is 0.691. The number of hydrogen-bond acceptors (Lipinski definition) is 4. The maximum absolute atomic E-state index is 10.1. The summed E-state index contributed by atoms with van der Waals surface area (Å²) in [4.78, 5) is 14.2. The Hall–Kier alpha value is -1.62. The van der Waals surface area contributed by atoms with E-state index in [0.29, 0.717) is 11.6 Å². The van der Waals surface area contributed by atoms with Crippen LogP contribution < -0.4 is 4.74 Å². The number of carbonyl (C=O) groups is 1. The van der Waals surface area contributed by atoms with Gasteiger partial charge in [0.1, 0.15) is 6.61 Å². The second-order valence-electron chi connectivity index (χ2n) is 2.56. The summed E-state index contributed by atoms with van der Waals surface area (Å²) in [6.07, 6.45) is 0. The van der Waals surface area contributed by atoms with Gasteiger partial charge < -0.3 is 14.6 Å². The molecule has 5 nitrogen and oxygen atoms in total. The first-order valence-corrected chi connectivity index (χ1v) is 4.02. The second-order valence-corrected chi connectivity index (χ2v) is 2.56. The van der Waals surface area contributed by atoms with Crippen molar-refractivity contribution < 1.29 is 19.4 Å². The number of aromatic nitrogens is 1. The fourth-order valence-corrected chi connectivity index (χ4v) is 0.895. The molecule has 0 fully saturated rings. The number of methoxy groups -OCH3 is 1. The predicted molar refractivity (Wildman–Crippen MR) is 48.1 cm³/mol. The van der Waals surface area contributed by atoms with Gasteiger partial charge in [0.25, 0.3) is 0 Å². The number of pyridine rings is 1. The Morgan fingerprint density at radius 2 is 2.36 bits per heavy atom. The molecule has 1 rings (SSSR count). The number of rotatable bonds is 5. The normalized spacial score (nSPS) is 9.79. The Kier molecular flexibility index (Phi) is 3.87. The van der Waals surface area contributed by atoms with Gasteiger partial charge in [-0.25, -0.2) is 9.78 Å². The van der Waals surface area contributed by atoms with Crippen molar-refractivity contribution in [3.63, 3.8) is 0 Å². The van der Waals surface area contributed by atoms with E-state index in [9.17, 15) is 4.79 Å². The summed E-state index contributed by atoms with van der Waals surface area (Å²) < 4.78 is 9.76. The van der Waals surface area contributed by atoms with Crippen LogP contribution in [0, 0.1) is 0 Å². The van der Waals surface area contributed by atoms with Crippen molar-refractivity contribution >= 4 is 5.97 Å². The summed E-state index contributed by atoms with van der Waals surface area (Å²) >= 11 is 0. The van der Waals surface area contributed by atoms with Crippen LogP contribution in [0.4, 0.5) is 0 Å². The van der Waals surface area contributed by atoms with Crippen LogP contribution in [0.15, 0.2) is 18.2 Å². The molecule has 0 saturated heterocycles. The van der Waals surface area contributed by atoms with E-state index in [-0.39, 0.29) is 13.2 Å². The van der Waals surface area contributed by atoms with Gasteiger partial charge in [-0.1, -0.05) is 6.07 Å². The monoisotopic (exact) mass is 197 g/mol. The van der Waals surface area contributed by atoms with E-state index in [0.717, 1.165) is 0 Å². The molecule has 0 aliphatic heterocycles. The second kappa shape index (κ2) is 5.18. The molecule has 1 N–H and O–H groups in total. The highest BCUT2D eigenvalue weighted by Crippen LogP contribution is 2.07. The van der Waals surface area contributed by atoms with Gasteiger partial charge in [-0.3, -0.25) is 0 Å². The van der Waals surface area contributed by atoms with Gasteiger partial charge in [0, 0.05) is 6.07 Å². The van der Waals surface area contributed by atoms with Gasteiger partial charge in [0.15, 0.2) is 0 Å². The first kappa shape index (κ1) is 10.5. The minimum atomic E-state index is -0.993. The Balaban J connectivity index is 2.46. The molecule has 76 valence electrons. The molecule has 0 bridgehead atoms. The van der Waals surface area contributed by atoms with Gasteiger partial charge in [0.05, 0.1) is 19.4 Å². The molecule has 1 aromatic rings. The molecule has 14 heavy (non-hydrogen) atoms. The zero-order valence-corrected chi connectivity index (χ0v) is 7.77. The molecule has 0 aliphatic carbocycles. The highest BCUT2D eigenvalue weighted by atomic mass is 16.5. The molecular weight excluding hydrogens is 186 g/mol. The number of nitrogens with zero attached hydrogens (tertiary/aromatic N) is 1. The third-order valence-corrected chi connectivity index (χ3v) is 1.47. The van der Waals surface area contributed by atoms with Crippen molar-refractivity contribution in [3.8, 4) is 5.88 Å². The third-order valence-electron chi connectivity index (χ3n) is 1.47. The van der Waals surface area contributed by atoms with Crippen molar-refractivity contribution in [3.05, 3.63) is 23.9 Å². The van der Waals surface area contributed by atoms with Crippen LogP contribution in [0.2, 0.25) is 0 Å². The minimum absolute atomic E-state index is 0.170. The van der Waals surface area contributed by atoms with Crippen molar-refractivity contribution in [2.75, 3.05) is 13.7 Å². The van der Waals surface area contributed by atoms with E-state index in [2.05, 4.69) is 4.98 Å². The van der Waals surface area contributed by atoms with E-state index in [1.807, 2.05) is 0 Å². The Morgan fingerprint density at radius 1 is 1.57 bits per heavy atom. The maximum atomic E-state index is 10.1. The SMILES string of the molecule is COc1cccc(COCC(=O)O)n1. The van der Waals surface area contributed by atoms with Crippen LogP contribution in [-0.4, -0.2) is 29.8 Å². The lowest BCUT2D eigenvalue weighted by Crippen LogP contribution is -2.07. The molecule has 0 saturated carbocycles. The topological polar surface area (TPSA) is 68.7 Å². The molecule has 0 unspecified atom stereocenters. The van der Waals surface area contributed by atoms with Gasteiger partial charge in [0.2, 0.25) is 5.88 Å². The van der Waals surface area contributed by atoms with Gasteiger partial charge in [-0.15, -0.1) is 0 Å². The zero-order valence-electron chi connectivity index (χ0n) is 7.77. The summed E-state index contributed by atoms with van der Waals surface area (Å²) in [5.41, 5.74) is 0.644. The summed E-state index contributed by atoms with van der Waals surface area (Å²) in [5, 5.41) is 8.32. The first-order chi connectivity index (χ1) is 6.72. The van der Waals surface area contributed by atoms with Crippen LogP contribution >= 0.6 is 0 Å². The minimum Gasteiger partial charge on any atom is -0.481 e. The average Bonchev–Trinajstić information content (AvgIpc) is 2.18. The molecule has 1 aromatic heterocycles. The lowest BCUT2D eigenvalue weighted by Gasteiger charge is -2.02. The van der Waals surface area contributed by atoms with E-state index in [1.165, 1.54) is 7.11 Å². The van der Waals surface area contributed by atoms with E-state index < -0.39 is 5.97 Å². The molecular formula is C9H11NO4. The fourth-order valence-electron chi connectivity index (χ4n) is 0.895. The lowest BCUT2D eigenvalue weighted by molar-refractivity contribution is -0.142. The quantitative estimate of drug-likeness (QED) is 0.752. The summed E-state index contributed by atoms with van der Waals surface area (Å²) in [5.74, 6) is -0.505. The highest BCUT2D eigenvalue weighted by Gasteiger charge is 2.00.